The maximum absolute atomic E-state index is 12.2. The van der Waals surface area contributed by atoms with Crippen molar-refractivity contribution in [2.75, 3.05) is 13.2 Å². The zero-order valence-corrected chi connectivity index (χ0v) is 29.8. The van der Waals surface area contributed by atoms with E-state index in [1.165, 1.54) is 103 Å². The number of carbonyl (C=O) groups is 2. The first-order valence-corrected chi connectivity index (χ1v) is 18.1. The molecule has 0 amide bonds. The Labute approximate surface area is 275 Å². The van der Waals surface area contributed by atoms with E-state index in [-0.39, 0.29) is 42.8 Å². The van der Waals surface area contributed by atoms with Crippen LogP contribution in [0.2, 0.25) is 0 Å². The fraction of sp³-hybridized carbons (Fsp3) is 0.938. The second-order valence-electron chi connectivity index (χ2n) is 11.4. The van der Waals surface area contributed by atoms with Gasteiger partial charge in [0.25, 0.3) is 0 Å². The zero-order chi connectivity index (χ0) is 29.7. The van der Waals surface area contributed by atoms with E-state index < -0.39 is 33.7 Å². The molecule has 0 aromatic heterocycles. The van der Waals surface area contributed by atoms with Crippen molar-refractivity contribution in [3.8, 4) is 0 Å². The van der Waals surface area contributed by atoms with Crippen molar-refractivity contribution in [2.45, 2.75) is 180 Å². The molecule has 0 aliphatic carbocycles. The number of ether oxygens (including phenoxy) is 2. The Bertz CT molecular complexity index is 700. The van der Waals surface area contributed by atoms with Crippen LogP contribution in [0, 0.1) is 0 Å². The minimum absolute atomic E-state index is 0. The molecule has 1 atom stereocenters. The van der Waals surface area contributed by atoms with Gasteiger partial charge in [-0.1, -0.05) is 155 Å². The van der Waals surface area contributed by atoms with Crippen molar-refractivity contribution in [3.63, 3.8) is 0 Å². The molecule has 7 nitrogen and oxygen atoms in total. The first-order valence-electron chi connectivity index (χ1n) is 16.6. The van der Waals surface area contributed by atoms with Gasteiger partial charge in [0.05, 0.1) is 19.6 Å². The van der Waals surface area contributed by atoms with Gasteiger partial charge in [0.1, 0.15) is 10.1 Å². The largest absolute Gasteiger partial charge is 1.00 e. The molecular formula is C32H61NaO7S. The predicted octanol–water partition coefficient (Wildman–Crippen LogP) is 5.78. The van der Waals surface area contributed by atoms with Gasteiger partial charge in [0, 0.05) is 0 Å². The third-order valence-electron chi connectivity index (χ3n) is 7.47. The Morgan fingerprint density at radius 3 is 1.15 bits per heavy atom. The maximum atomic E-state index is 12.2. The van der Waals surface area contributed by atoms with Crippen LogP contribution in [0.25, 0.3) is 0 Å². The number of unbranched alkanes of at least 4 members (excludes halogenated alkanes) is 22. The second-order valence-corrected chi connectivity index (χ2v) is 12.9. The van der Waals surface area contributed by atoms with Crippen LogP contribution in [0.4, 0.5) is 0 Å². The Hall–Kier alpha value is -0.150. The average molecular weight is 613 g/mol. The SMILES string of the molecule is CCCCCCCCCCCCCCOC(=O)CC(C(=O)OCCCCCCCCCCCCCC)S(=O)(=O)[O-].[Na+]. The van der Waals surface area contributed by atoms with E-state index in [1.807, 2.05) is 0 Å². The van der Waals surface area contributed by atoms with Crippen molar-refractivity contribution < 1.29 is 61.6 Å². The molecule has 0 N–H and O–H groups in total. The van der Waals surface area contributed by atoms with Gasteiger partial charge >= 0.3 is 41.5 Å². The minimum atomic E-state index is -5.01. The molecule has 0 aliphatic heterocycles. The quantitative estimate of drug-likeness (QED) is 0.0438. The van der Waals surface area contributed by atoms with Gasteiger partial charge in [-0.05, 0) is 12.8 Å². The summed E-state index contributed by atoms with van der Waals surface area (Å²) < 4.78 is 44.8. The molecule has 238 valence electrons. The molecule has 0 fully saturated rings. The molecule has 9 heteroatoms. The molecule has 0 aromatic carbocycles. The van der Waals surface area contributed by atoms with Gasteiger partial charge in [0.15, 0.2) is 5.25 Å². The van der Waals surface area contributed by atoms with Crippen molar-refractivity contribution in [1.82, 2.24) is 0 Å². The van der Waals surface area contributed by atoms with Gasteiger partial charge in [-0.2, -0.15) is 0 Å². The molecule has 0 radical (unpaired) electrons. The molecule has 0 aromatic rings. The number of rotatable bonds is 30. The van der Waals surface area contributed by atoms with Crippen LogP contribution in [-0.4, -0.2) is 43.4 Å². The van der Waals surface area contributed by atoms with Crippen LogP contribution in [0.5, 0.6) is 0 Å². The summed E-state index contributed by atoms with van der Waals surface area (Å²) in [6, 6.07) is 0. The van der Waals surface area contributed by atoms with Crippen molar-refractivity contribution >= 4 is 22.1 Å². The zero-order valence-electron chi connectivity index (χ0n) is 26.9. The van der Waals surface area contributed by atoms with Gasteiger partial charge < -0.3 is 14.0 Å². The van der Waals surface area contributed by atoms with E-state index in [2.05, 4.69) is 13.8 Å². The Balaban J connectivity index is 0. The van der Waals surface area contributed by atoms with Gasteiger partial charge in [0.2, 0.25) is 0 Å². The van der Waals surface area contributed by atoms with Crippen LogP contribution in [0.1, 0.15) is 174 Å². The average Bonchev–Trinajstić information content (AvgIpc) is 2.91. The fourth-order valence-electron chi connectivity index (χ4n) is 4.85. The van der Waals surface area contributed by atoms with Crippen molar-refractivity contribution in [2.24, 2.45) is 0 Å². The normalized spacial score (nSPS) is 12.1. The number of hydrogen-bond donors (Lipinski definition) is 0. The first-order chi connectivity index (χ1) is 19.3. The standard InChI is InChI=1S/C32H62O7S.Na/c1-3-5-7-9-11-13-15-17-19-21-23-25-27-38-31(33)29-30(40(35,36)37)32(34)39-28-26-24-22-20-18-16-14-12-10-8-6-4-2;/h30H,3-29H2,1-2H3,(H,35,36,37);/q;+1/p-1. The summed E-state index contributed by atoms with van der Waals surface area (Å²) in [6.45, 7) is 4.67. The molecule has 0 heterocycles. The van der Waals surface area contributed by atoms with E-state index >= 15 is 0 Å². The summed E-state index contributed by atoms with van der Waals surface area (Å²) in [6.07, 6.45) is 27.4. The summed E-state index contributed by atoms with van der Waals surface area (Å²) >= 11 is 0. The maximum Gasteiger partial charge on any atom is 1.00 e. The fourth-order valence-corrected chi connectivity index (χ4v) is 5.50. The second kappa shape index (κ2) is 31.3. The molecule has 0 bridgehead atoms. The molecule has 41 heavy (non-hydrogen) atoms. The molecular weight excluding hydrogens is 551 g/mol. The van der Waals surface area contributed by atoms with Crippen LogP contribution in [-0.2, 0) is 29.2 Å². The van der Waals surface area contributed by atoms with Crippen molar-refractivity contribution in [1.29, 1.82) is 0 Å². The van der Waals surface area contributed by atoms with E-state index in [0.717, 1.165) is 38.5 Å². The molecule has 0 saturated carbocycles. The third kappa shape index (κ3) is 29.7. The van der Waals surface area contributed by atoms with Crippen LogP contribution in [0.15, 0.2) is 0 Å². The summed E-state index contributed by atoms with van der Waals surface area (Å²) in [5.41, 5.74) is 0. The topological polar surface area (TPSA) is 110 Å². The van der Waals surface area contributed by atoms with E-state index in [0.29, 0.717) is 12.8 Å². The van der Waals surface area contributed by atoms with Crippen LogP contribution < -0.4 is 29.6 Å². The van der Waals surface area contributed by atoms with E-state index in [1.54, 1.807) is 0 Å². The number of hydrogen-bond acceptors (Lipinski definition) is 7. The molecule has 0 saturated heterocycles. The van der Waals surface area contributed by atoms with E-state index in [4.69, 9.17) is 9.47 Å². The van der Waals surface area contributed by atoms with Crippen molar-refractivity contribution in [3.05, 3.63) is 0 Å². The van der Waals surface area contributed by atoms with Gasteiger partial charge in [-0.3, -0.25) is 9.59 Å². The molecule has 0 aliphatic rings. The monoisotopic (exact) mass is 612 g/mol. The van der Waals surface area contributed by atoms with Gasteiger partial charge in [-0.25, -0.2) is 8.42 Å². The Morgan fingerprint density at radius 1 is 0.537 bits per heavy atom. The minimum Gasteiger partial charge on any atom is -0.747 e. The molecule has 0 rings (SSSR count). The van der Waals surface area contributed by atoms with Crippen LogP contribution >= 0.6 is 0 Å². The summed E-state index contributed by atoms with van der Waals surface area (Å²) in [5, 5.41) is -2.04. The van der Waals surface area contributed by atoms with Gasteiger partial charge in [-0.15, -0.1) is 0 Å². The third-order valence-corrected chi connectivity index (χ3v) is 8.52. The number of carbonyl (C=O) groups excluding carboxylic acids is 2. The predicted molar refractivity (Wildman–Crippen MR) is 162 cm³/mol. The summed E-state index contributed by atoms with van der Waals surface area (Å²) in [7, 11) is -5.01. The smallest absolute Gasteiger partial charge is 0.747 e. The van der Waals surface area contributed by atoms with E-state index in [9.17, 15) is 22.6 Å². The Kier molecular flexibility index (Phi) is 32.8. The molecule has 0 spiro atoms. The number of esters is 2. The Morgan fingerprint density at radius 2 is 0.829 bits per heavy atom. The molecule has 1 unspecified atom stereocenters. The first kappa shape index (κ1) is 43.0. The summed E-state index contributed by atoms with van der Waals surface area (Å²) in [5.74, 6) is -2.00. The summed E-state index contributed by atoms with van der Waals surface area (Å²) in [4.78, 5) is 24.3. The van der Waals surface area contributed by atoms with Crippen LogP contribution in [0.3, 0.4) is 0 Å².